The molecule has 0 radical (unpaired) electrons. The van der Waals surface area contributed by atoms with Crippen molar-refractivity contribution < 1.29 is 29.3 Å². The van der Waals surface area contributed by atoms with E-state index in [0.29, 0.717) is 22.7 Å². The Morgan fingerprint density at radius 1 is 1.03 bits per heavy atom. The molecule has 0 fully saturated rings. The summed E-state index contributed by atoms with van der Waals surface area (Å²) in [6, 6.07) is 13.5. The third-order valence-corrected chi connectivity index (χ3v) is 6.17. The molecule has 7 nitrogen and oxygen atoms in total. The first-order chi connectivity index (χ1) is 15.7. The van der Waals surface area contributed by atoms with Gasteiger partial charge in [0, 0.05) is 32.8 Å². The van der Waals surface area contributed by atoms with E-state index in [1.165, 1.54) is 37.3 Å². The molecule has 4 rings (SSSR count). The molecule has 170 valence electrons. The smallest absolute Gasteiger partial charge is 0.268 e. The number of ether oxygens (including phenoxy) is 2. The lowest BCUT2D eigenvalue weighted by Gasteiger charge is -2.26. The molecule has 0 aromatic heterocycles. The van der Waals surface area contributed by atoms with E-state index in [9.17, 15) is 19.8 Å². The Kier molecular flexibility index (Phi) is 5.97. The van der Waals surface area contributed by atoms with Crippen molar-refractivity contribution in [1.29, 1.82) is 0 Å². The molecule has 1 aliphatic heterocycles. The van der Waals surface area contributed by atoms with E-state index in [0.717, 1.165) is 6.07 Å². The number of halogens is 2. The molecule has 0 bridgehead atoms. The summed E-state index contributed by atoms with van der Waals surface area (Å²) < 4.78 is 10.7. The summed E-state index contributed by atoms with van der Waals surface area (Å²) in [6.45, 7) is 0.0563. The van der Waals surface area contributed by atoms with Crippen LogP contribution >= 0.6 is 23.2 Å². The van der Waals surface area contributed by atoms with Crippen molar-refractivity contribution in [1.82, 2.24) is 0 Å². The van der Waals surface area contributed by atoms with E-state index < -0.39 is 17.5 Å². The van der Waals surface area contributed by atoms with Gasteiger partial charge < -0.3 is 29.4 Å². The Morgan fingerprint density at radius 2 is 1.79 bits per heavy atom. The summed E-state index contributed by atoms with van der Waals surface area (Å²) in [4.78, 5) is 26.5. The number of fused-ring (bicyclic) bond motifs is 1. The van der Waals surface area contributed by atoms with Crippen LogP contribution < -0.4 is 19.5 Å². The van der Waals surface area contributed by atoms with Crippen molar-refractivity contribution in [2.24, 2.45) is 0 Å². The zero-order valence-corrected chi connectivity index (χ0v) is 19.1. The number of rotatable bonds is 6. The lowest BCUT2D eigenvalue weighted by atomic mass is 9.86. The molecule has 3 aromatic rings. The van der Waals surface area contributed by atoms with Crippen LogP contribution in [0.2, 0.25) is 10.0 Å². The van der Waals surface area contributed by atoms with E-state index >= 15 is 0 Å². The molecular weight excluding hydrogens is 469 g/mol. The minimum Gasteiger partial charge on any atom is -0.545 e. The molecule has 1 atom stereocenters. The number of hydrogen-bond acceptors (Lipinski definition) is 6. The zero-order valence-electron chi connectivity index (χ0n) is 17.6. The highest BCUT2D eigenvalue weighted by molar-refractivity contribution is 6.32. The van der Waals surface area contributed by atoms with Gasteiger partial charge in [0.1, 0.15) is 11.5 Å². The lowest BCUT2D eigenvalue weighted by Crippen LogP contribution is -2.41. The number of benzene rings is 3. The van der Waals surface area contributed by atoms with Crippen LogP contribution in [0.4, 0.5) is 5.69 Å². The summed E-state index contributed by atoms with van der Waals surface area (Å²) in [5.74, 6) is -1.11. The molecule has 0 saturated carbocycles. The van der Waals surface area contributed by atoms with Gasteiger partial charge in [0.05, 0.1) is 32.4 Å². The highest BCUT2D eigenvalue weighted by atomic mass is 35.5. The lowest BCUT2D eigenvalue weighted by molar-refractivity contribution is -0.255. The number of methoxy groups -OCH3 is 2. The van der Waals surface area contributed by atoms with Gasteiger partial charge in [0.15, 0.2) is 5.60 Å². The molecule has 0 aliphatic carbocycles. The van der Waals surface area contributed by atoms with Gasteiger partial charge in [-0.05, 0) is 48.0 Å². The van der Waals surface area contributed by atoms with Gasteiger partial charge in [-0.25, -0.2) is 0 Å². The van der Waals surface area contributed by atoms with Crippen LogP contribution in [0.25, 0.3) is 0 Å². The molecule has 0 spiro atoms. The minimum absolute atomic E-state index is 0.0191. The fourth-order valence-corrected chi connectivity index (χ4v) is 4.38. The Labute approximate surface area is 199 Å². The van der Waals surface area contributed by atoms with E-state index in [-0.39, 0.29) is 33.3 Å². The highest BCUT2D eigenvalue weighted by Crippen LogP contribution is 2.48. The average Bonchev–Trinajstić information content (AvgIpc) is 3.01. The van der Waals surface area contributed by atoms with Crippen LogP contribution in [0.15, 0.2) is 54.6 Å². The first-order valence-electron chi connectivity index (χ1n) is 9.77. The molecule has 1 amide bonds. The van der Waals surface area contributed by atoms with E-state index in [4.69, 9.17) is 32.7 Å². The second-order valence-corrected chi connectivity index (χ2v) is 8.27. The van der Waals surface area contributed by atoms with Crippen molar-refractivity contribution in [2.45, 2.75) is 12.1 Å². The quantitative estimate of drug-likeness (QED) is 0.574. The fourth-order valence-electron chi connectivity index (χ4n) is 3.95. The third kappa shape index (κ3) is 3.78. The number of nitrogens with zero attached hydrogens (tertiary/aromatic N) is 1. The number of carboxylic acid groups (broad SMARTS) is 1. The van der Waals surface area contributed by atoms with Crippen LogP contribution in [0.1, 0.15) is 27.0 Å². The van der Waals surface area contributed by atoms with Gasteiger partial charge in [-0.2, -0.15) is 0 Å². The van der Waals surface area contributed by atoms with E-state index in [1.807, 2.05) is 0 Å². The maximum Gasteiger partial charge on any atom is 0.268 e. The second kappa shape index (κ2) is 8.59. The molecular formula is C24H18Cl2NO6-. The average molecular weight is 487 g/mol. The second-order valence-electron chi connectivity index (χ2n) is 7.42. The summed E-state index contributed by atoms with van der Waals surface area (Å²) in [6.07, 6.45) is 0. The van der Waals surface area contributed by atoms with Crippen molar-refractivity contribution >= 4 is 40.8 Å². The monoisotopic (exact) mass is 486 g/mol. The van der Waals surface area contributed by atoms with Crippen LogP contribution in [0.5, 0.6) is 11.5 Å². The number of carbonyl (C=O) groups excluding carboxylic acids is 2. The van der Waals surface area contributed by atoms with Gasteiger partial charge >= 0.3 is 0 Å². The number of aromatic carboxylic acids is 1. The van der Waals surface area contributed by atoms with Crippen LogP contribution in [-0.4, -0.2) is 31.2 Å². The zero-order chi connectivity index (χ0) is 23.9. The maximum atomic E-state index is 13.7. The van der Waals surface area contributed by atoms with E-state index in [2.05, 4.69) is 0 Å². The Hall–Kier alpha value is -3.26. The Morgan fingerprint density at radius 3 is 2.45 bits per heavy atom. The molecule has 3 aromatic carbocycles. The first kappa shape index (κ1) is 22.9. The minimum atomic E-state index is -2.26. The SMILES string of the molecule is COc1ccc(CN2C(=O)C(O)(c3cc(C(=O)[O-])ccc3Cl)c3cc(Cl)ccc32)c(OC)c1. The number of carbonyl (C=O) groups is 2. The van der Waals surface area contributed by atoms with Gasteiger partial charge in [-0.3, -0.25) is 4.79 Å². The van der Waals surface area contributed by atoms with Gasteiger partial charge in [-0.1, -0.05) is 29.3 Å². The number of anilines is 1. The summed E-state index contributed by atoms with van der Waals surface area (Å²) in [5.41, 5.74) is -1.32. The third-order valence-electron chi connectivity index (χ3n) is 5.61. The number of carboxylic acids is 1. The molecule has 0 saturated heterocycles. The van der Waals surface area contributed by atoms with Crippen LogP contribution in [0, 0.1) is 0 Å². The molecule has 1 heterocycles. The summed E-state index contributed by atoms with van der Waals surface area (Å²) in [7, 11) is 3.03. The predicted molar refractivity (Wildman–Crippen MR) is 121 cm³/mol. The topological polar surface area (TPSA) is 99.1 Å². The molecule has 1 aliphatic rings. The van der Waals surface area contributed by atoms with Crippen molar-refractivity contribution in [3.05, 3.63) is 86.9 Å². The Balaban J connectivity index is 1.87. The molecule has 33 heavy (non-hydrogen) atoms. The molecule has 1 unspecified atom stereocenters. The van der Waals surface area contributed by atoms with Gasteiger partial charge in [0.25, 0.3) is 5.91 Å². The Bertz CT molecular complexity index is 1280. The van der Waals surface area contributed by atoms with Crippen molar-refractivity contribution in [3.63, 3.8) is 0 Å². The normalized spacial score (nSPS) is 17.1. The number of amides is 1. The number of hydrogen-bond donors (Lipinski definition) is 1. The van der Waals surface area contributed by atoms with E-state index in [1.54, 1.807) is 30.3 Å². The number of aliphatic hydroxyl groups is 1. The van der Waals surface area contributed by atoms with Crippen molar-refractivity contribution in [3.8, 4) is 11.5 Å². The highest BCUT2D eigenvalue weighted by Gasteiger charge is 2.52. The summed E-state index contributed by atoms with van der Waals surface area (Å²) >= 11 is 12.5. The summed E-state index contributed by atoms with van der Waals surface area (Å²) in [5, 5.41) is 23.5. The van der Waals surface area contributed by atoms with Gasteiger partial charge in [-0.15, -0.1) is 0 Å². The molecule has 9 heteroatoms. The van der Waals surface area contributed by atoms with Gasteiger partial charge in [0.2, 0.25) is 0 Å². The maximum absolute atomic E-state index is 13.7. The standard InChI is InChI=1S/C24H19Cl2NO6/c1-32-16-6-3-14(21(11-16)33-2)12-27-20-8-5-15(25)10-18(20)24(31,23(27)30)17-9-13(22(28)29)4-7-19(17)26/h3-11,31H,12H2,1-2H3,(H,28,29)/p-1. The van der Waals surface area contributed by atoms with Crippen LogP contribution in [-0.2, 0) is 16.9 Å². The molecule has 1 N–H and O–H groups in total. The predicted octanol–water partition coefficient (Wildman–Crippen LogP) is 3.16. The van der Waals surface area contributed by atoms with Crippen LogP contribution in [0.3, 0.4) is 0 Å². The van der Waals surface area contributed by atoms with Crippen molar-refractivity contribution in [2.75, 3.05) is 19.1 Å². The fraction of sp³-hybridized carbons (Fsp3) is 0.167. The largest absolute Gasteiger partial charge is 0.545 e. The first-order valence-corrected chi connectivity index (χ1v) is 10.5.